The van der Waals surface area contributed by atoms with Gasteiger partial charge in [0.05, 0.1) is 0 Å². The maximum absolute atomic E-state index is 12.3. The second-order valence-electron chi connectivity index (χ2n) is 5.44. The topological polar surface area (TPSA) is 88.0 Å². The van der Waals surface area contributed by atoms with Crippen molar-refractivity contribution in [1.82, 2.24) is 9.71 Å². The second kappa shape index (κ2) is 5.10. The molecule has 1 aromatic heterocycles. The van der Waals surface area contributed by atoms with Crippen molar-refractivity contribution < 1.29 is 8.42 Å². The minimum absolute atomic E-state index is 0.270. The zero-order chi connectivity index (χ0) is 14.2. The molecule has 5 nitrogen and oxygen atoms in total. The van der Waals surface area contributed by atoms with E-state index < -0.39 is 10.0 Å². The molecule has 1 aliphatic rings. The largest absolute Gasteiger partial charge is 0.399 e. The van der Waals surface area contributed by atoms with Crippen LogP contribution >= 0.6 is 0 Å². The average molecular weight is 293 g/mol. The van der Waals surface area contributed by atoms with Gasteiger partial charge < -0.3 is 10.7 Å². The molecule has 6 heteroatoms. The number of nitrogens with two attached hydrogens (primary N) is 1. The smallest absolute Gasteiger partial charge is 0.242 e. The van der Waals surface area contributed by atoms with E-state index in [2.05, 4.69) is 9.71 Å². The van der Waals surface area contributed by atoms with Gasteiger partial charge in [0.1, 0.15) is 4.90 Å². The van der Waals surface area contributed by atoms with Crippen LogP contribution in [-0.2, 0) is 10.0 Å². The highest BCUT2D eigenvalue weighted by Crippen LogP contribution is 2.33. The van der Waals surface area contributed by atoms with Crippen LogP contribution in [0.1, 0.15) is 25.7 Å². The number of aromatic nitrogens is 1. The Morgan fingerprint density at radius 2 is 2.15 bits per heavy atom. The third kappa shape index (κ3) is 2.81. The molecule has 0 radical (unpaired) electrons. The van der Waals surface area contributed by atoms with E-state index in [1.807, 2.05) is 0 Å². The minimum Gasteiger partial charge on any atom is -0.399 e. The Morgan fingerprint density at radius 3 is 2.90 bits per heavy atom. The lowest BCUT2D eigenvalue weighted by atomic mass is 10.2. The van der Waals surface area contributed by atoms with Gasteiger partial charge in [-0.3, -0.25) is 0 Å². The van der Waals surface area contributed by atoms with Crippen molar-refractivity contribution in [2.45, 2.75) is 30.6 Å². The number of aromatic amines is 1. The highest BCUT2D eigenvalue weighted by molar-refractivity contribution is 7.89. The molecule has 1 heterocycles. The second-order valence-corrected chi connectivity index (χ2v) is 7.18. The zero-order valence-corrected chi connectivity index (χ0v) is 12.0. The van der Waals surface area contributed by atoms with Crippen LogP contribution in [0.2, 0.25) is 0 Å². The third-order valence-corrected chi connectivity index (χ3v) is 5.24. The third-order valence-electron chi connectivity index (χ3n) is 3.74. The number of sulfonamides is 1. The lowest BCUT2D eigenvalue weighted by molar-refractivity contribution is 0.573. The van der Waals surface area contributed by atoms with Gasteiger partial charge in [-0.2, -0.15) is 0 Å². The Bertz CT molecular complexity index is 717. The Morgan fingerprint density at radius 1 is 1.35 bits per heavy atom. The molecular weight excluding hydrogens is 274 g/mol. The molecule has 0 saturated heterocycles. The van der Waals surface area contributed by atoms with Gasteiger partial charge in [-0.25, -0.2) is 13.1 Å². The number of hydrogen-bond donors (Lipinski definition) is 3. The van der Waals surface area contributed by atoms with E-state index in [0.29, 0.717) is 17.6 Å². The first-order valence-corrected chi connectivity index (χ1v) is 8.41. The Balaban J connectivity index is 1.75. The first-order valence-electron chi connectivity index (χ1n) is 6.92. The summed E-state index contributed by atoms with van der Waals surface area (Å²) in [6.45, 7) is 0.494. The van der Waals surface area contributed by atoms with Crippen molar-refractivity contribution in [3.63, 3.8) is 0 Å². The summed E-state index contributed by atoms with van der Waals surface area (Å²) < 4.78 is 27.3. The van der Waals surface area contributed by atoms with E-state index in [-0.39, 0.29) is 4.90 Å². The summed E-state index contributed by atoms with van der Waals surface area (Å²) in [4.78, 5) is 3.24. The monoisotopic (exact) mass is 293 g/mol. The van der Waals surface area contributed by atoms with Gasteiger partial charge in [-0.05, 0) is 37.0 Å². The molecule has 0 unspecified atom stereocenters. The summed E-state index contributed by atoms with van der Waals surface area (Å²) in [6, 6.07) is 5.22. The van der Waals surface area contributed by atoms with Crippen LogP contribution in [0.5, 0.6) is 0 Å². The molecule has 1 aromatic carbocycles. The van der Waals surface area contributed by atoms with E-state index in [1.165, 1.54) is 19.0 Å². The highest BCUT2D eigenvalue weighted by Gasteiger charge is 2.22. The van der Waals surface area contributed by atoms with Gasteiger partial charge in [0.25, 0.3) is 0 Å². The van der Waals surface area contributed by atoms with E-state index in [4.69, 9.17) is 5.73 Å². The summed E-state index contributed by atoms with van der Waals surface area (Å²) in [6.07, 6.45) is 6.13. The van der Waals surface area contributed by atoms with Crippen molar-refractivity contribution in [3.05, 3.63) is 24.4 Å². The van der Waals surface area contributed by atoms with E-state index in [1.54, 1.807) is 18.2 Å². The fourth-order valence-corrected chi connectivity index (χ4v) is 3.66. The molecule has 0 spiro atoms. The molecule has 20 heavy (non-hydrogen) atoms. The van der Waals surface area contributed by atoms with Crippen molar-refractivity contribution in [1.29, 1.82) is 0 Å². The van der Waals surface area contributed by atoms with Crippen LogP contribution < -0.4 is 10.5 Å². The molecule has 3 rings (SSSR count). The van der Waals surface area contributed by atoms with Crippen molar-refractivity contribution in [3.8, 4) is 0 Å². The minimum atomic E-state index is -3.47. The summed E-state index contributed by atoms with van der Waals surface area (Å²) in [5, 5.41) is 0.639. The predicted octanol–water partition coefficient (Wildman–Crippen LogP) is 2.22. The first-order chi connectivity index (χ1) is 9.56. The summed E-state index contributed by atoms with van der Waals surface area (Å²) in [7, 11) is -3.47. The number of nitrogens with one attached hydrogen (secondary N) is 2. The van der Waals surface area contributed by atoms with Crippen LogP contribution in [0.4, 0.5) is 5.69 Å². The zero-order valence-electron chi connectivity index (χ0n) is 11.2. The van der Waals surface area contributed by atoms with Crippen LogP contribution in [0.15, 0.2) is 29.3 Å². The number of benzene rings is 1. The average Bonchev–Trinajstić information content (AvgIpc) is 3.12. The first kappa shape index (κ1) is 13.5. The van der Waals surface area contributed by atoms with Crippen LogP contribution in [0.25, 0.3) is 10.9 Å². The Labute approximate surface area is 118 Å². The van der Waals surface area contributed by atoms with Gasteiger partial charge in [0.15, 0.2) is 0 Å². The molecule has 1 aliphatic carbocycles. The summed E-state index contributed by atoms with van der Waals surface area (Å²) >= 11 is 0. The number of H-pyrrole nitrogens is 1. The maximum Gasteiger partial charge on any atom is 0.242 e. The molecule has 1 saturated carbocycles. The Hall–Kier alpha value is -1.53. The molecule has 0 bridgehead atoms. The lowest BCUT2D eigenvalue weighted by Crippen LogP contribution is -2.24. The van der Waals surface area contributed by atoms with Crippen molar-refractivity contribution in [2.24, 2.45) is 5.92 Å². The van der Waals surface area contributed by atoms with Crippen molar-refractivity contribution >= 4 is 26.6 Å². The molecular formula is C14H19N3O2S. The summed E-state index contributed by atoms with van der Waals surface area (Å²) in [5.41, 5.74) is 7.06. The quantitative estimate of drug-likeness (QED) is 0.563. The van der Waals surface area contributed by atoms with E-state index in [0.717, 1.165) is 24.3 Å². The van der Waals surface area contributed by atoms with Gasteiger partial charge in [-0.1, -0.05) is 12.8 Å². The van der Waals surface area contributed by atoms with E-state index >= 15 is 0 Å². The normalized spacial score (nSPS) is 15.8. The molecule has 0 atom stereocenters. The standard InChI is InChI=1S/C14H19N3O2S/c15-11-5-6-13-12(8-11)14(9-16-13)20(18,19)17-7-1-2-10-3-4-10/h5-6,8-10,16-17H,1-4,7,15H2. The lowest BCUT2D eigenvalue weighted by Gasteiger charge is -2.05. The van der Waals surface area contributed by atoms with Gasteiger partial charge >= 0.3 is 0 Å². The van der Waals surface area contributed by atoms with Crippen LogP contribution in [0, 0.1) is 5.92 Å². The number of fused-ring (bicyclic) bond motifs is 1. The SMILES string of the molecule is Nc1ccc2[nH]cc(S(=O)(=O)NCCCC3CC3)c2c1. The van der Waals surface area contributed by atoms with Gasteiger partial charge in [0, 0.05) is 29.3 Å². The van der Waals surface area contributed by atoms with Crippen LogP contribution in [0.3, 0.4) is 0 Å². The molecule has 0 amide bonds. The molecule has 108 valence electrons. The van der Waals surface area contributed by atoms with E-state index in [9.17, 15) is 8.42 Å². The number of nitrogen functional groups attached to an aromatic ring is 1. The van der Waals surface area contributed by atoms with Crippen molar-refractivity contribution in [2.75, 3.05) is 12.3 Å². The maximum atomic E-state index is 12.3. The predicted molar refractivity (Wildman–Crippen MR) is 79.9 cm³/mol. The fourth-order valence-electron chi connectivity index (χ4n) is 2.42. The van der Waals surface area contributed by atoms with Gasteiger partial charge in [-0.15, -0.1) is 0 Å². The van der Waals surface area contributed by atoms with Gasteiger partial charge in [0.2, 0.25) is 10.0 Å². The summed E-state index contributed by atoms with van der Waals surface area (Å²) in [5.74, 6) is 0.826. The number of hydrogen-bond acceptors (Lipinski definition) is 3. The molecule has 0 aliphatic heterocycles. The number of rotatable bonds is 6. The molecule has 4 N–H and O–H groups in total. The molecule has 2 aromatic rings. The Kier molecular flexibility index (Phi) is 3.43. The number of anilines is 1. The highest BCUT2D eigenvalue weighted by atomic mass is 32.2. The molecule has 1 fully saturated rings. The fraction of sp³-hybridized carbons (Fsp3) is 0.429. The van der Waals surface area contributed by atoms with Crippen LogP contribution in [-0.4, -0.2) is 19.9 Å².